The van der Waals surface area contributed by atoms with E-state index in [4.69, 9.17) is 0 Å². The van der Waals surface area contributed by atoms with E-state index in [9.17, 15) is 4.79 Å². The smallest absolute Gasteiger partial charge is 0.250 e. The number of anilines is 1. The zero-order valence-corrected chi connectivity index (χ0v) is 18.0. The molecule has 3 atom stereocenters. The number of pyridine rings is 1. The number of hydrogen-bond donors (Lipinski definition) is 2. The molecule has 2 N–H and O–H groups in total. The summed E-state index contributed by atoms with van der Waals surface area (Å²) in [5.74, 6) is 0. The van der Waals surface area contributed by atoms with Gasteiger partial charge in [0, 0.05) is 49.7 Å². The van der Waals surface area contributed by atoms with Crippen LogP contribution in [0.25, 0.3) is 22.1 Å². The summed E-state index contributed by atoms with van der Waals surface area (Å²) >= 11 is 0. The van der Waals surface area contributed by atoms with E-state index in [0.717, 1.165) is 47.3 Å². The number of piperazine rings is 1. The van der Waals surface area contributed by atoms with E-state index >= 15 is 0 Å². The van der Waals surface area contributed by atoms with Crippen LogP contribution in [-0.4, -0.2) is 55.2 Å². The lowest BCUT2D eigenvalue weighted by molar-refractivity contribution is 0.106. The van der Waals surface area contributed by atoms with Gasteiger partial charge in [0.05, 0.1) is 28.4 Å². The van der Waals surface area contributed by atoms with Gasteiger partial charge >= 0.3 is 0 Å². The molecule has 8 nitrogen and oxygen atoms in total. The SMILES string of the molecule is CC[C@@H]1CN(c2cc(=O)[nH]c3cn[nH]c23)[C@@H](C)CN1C(C)c1ccc2nccnc2c1. The summed E-state index contributed by atoms with van der Waals surface area (Å²) in [6.07, 6.45) is 6.16. The third-order valence-corrected chi connectivity index (χ3v) is 6.56. The van der Waals surface area contributed by atoms with Crippen LogP contribution in [0.4, 0.5) is 5.69 Å². The molecule has 0 bridgehead atoms. The summed E-state index contributed by atoms with van der Waals surface area (Å²) < 4.78 is 0. The molecule has 160 valence electrons. The van der Waals surface area contributed by atoms with E-state index < -0.39 is 0 Å². The average Bonchev–Trinajstić information content (AvgIpc) is 3.26. The van der Waals surface area contributed by atoms with E-state index in [1.54, 1.807) is 24.7 Å². The van der Waals surface area contributed by atoms with Crippen molar-refractivity contribution in [3.05, 3.63) is 58.8 Å². The molecule has 1 fully saturated rings. The van der Waals surface area contributed by atoms with Gasteiger partial charge in [-0.25, -0.2) is 0 Å². The van der Waals surface area contributed by atoms with Crippen molar-refractivity contribution in [1.29, 1.82) is 0 Å². The minimum absolute atomic E-state index is 0.0998. The topological polar surface area (TPSA) is 93.8 Å². The number of nitrogens with one attached hydrogen (secondary N) is 2. The first-order chi connectivity index (χ1) is 15.0. The molecule has 4 heterocycles. The summed E-state index contributed by atoms with van der Waals surface area (Å²) in [5.41, 5.74) is 5.55. The molecule has 3 aromatic heterocycles. The Bertz CT molecular complexity index is 1280. The Morgan fingerprint density at radius 2 is 1.97 bits per heavy atom. The van der Waals surface area contributed by atoms with Gasteiger partial charge in [0.1, 0.15) is 5.52 Å². The van der Waals surface area contributed by atoms with Crippen LogP contribution in [0.2, 0.25) is 0 Å². The van der Waals surface area contributed by atoms with Crippen molar-refractivity contribution in [2.75, 3.05) is 18.0 Å². The Kier molecular flexibility index (Phi) is 4.94. The highest BCUT2D eigenvalue weighted by molar-refractivity contribution is 5.87. The normalized spacial score (nSPS) is 21.1. The Balaban J connectivity index is 1.45. The fraction of sp³-hybridized carbons (Fsp3) is 0.391. The quantitative estimate of drug-likeness (QED) is 0.529. The van der Waals surface area contributed by atoms with Gasteiger partial charge in [-0.3, -0.25) is 24.8 Å². The molecular weight excluding hydrogens is 390 g/mol. The molecule has 1 aliphatic heterocycles. The molecule has 1 unspecified atom stereocenters. The maximum Gasteiger partial charge on any atom is 0.250 e. The van der Waals surface area contributed by atoms with Crippen LogP contribution in [0, 0.1) is 0 Å². The molecule has 0 spiro atoms. The first-order valence-electron chi connectivity index (χ1n) is 10.8. The van der Waals surface area contributed by atoms with Crippen molar-refractivity contribution < 1.29 is 0 Å². The predicted molar refractivity (Wildman–Crippen MR) is 122 cm³/mol. The van der Waals surface area contributed by atoms with Crippen LogP contribution in [0.5, 0.6) is 0 Å². The number of hydrogen-bond acceptors (Lipinski definition) is 6. The van der Waals surface area contributed by atoms with Crippen LogP contribution in [-0.2, 0) is 0 Å². The monoisotopic (exact) mass is 417 g/mol. The number of aromatic nitrogens is 5. The van der Waals surface area contributed by atoms with E-state index in [1.807, 2.05) is 0 Å². The van der Waals surface area contributed by atoms with Crippen molar-refractivity contribution >= 4 is 27.8 Å². The Morgan fingerprint density at radius 1 is 1.16 bits per heavy atom. The lowest BCUT2D eigenvalue weighted by Gasteiger charge is -2.48. The van der Waals surface area contributed by atoms with Crippen LogP contribution in [0.3, 0.4) is 0 Å². The Hall–Kier alpha value is -3.26. The van der Waals surface area contributed by atoms with Crippen molar-refractivity contribution in [3.8, 4) is 0 Å². The summed E-state index contributed by atoms with van der Waals surface area (Å²) in [6, 6.07) is 8.93. The molecule has 0 radical (unpaired) electrons. The maximum absolute atomic E-state index is 12.2. The average molecular weight is 418 g/mol. The molecule has 8 heteroatoms. The van der Waals surface area contributed by atoms with E-state index in [-0.39, 0.29) is 17.6 Å². The van der Waals surface area contributed by atoms with Gasteiger partial charge in [0.2, 0.25) is 0 Å². The number of benzene rings is 1. The Labute approximate surface area is 180 Å². The highest BCUT2D eigenvalue weighted by Crippen LogP contribution is 2.33. The molecular formula is C23H27N7O. The minimum Gasteiger partial charge on any atom is -0.364 e. The molecule has 0 amide bonds. The second-order valence-electron chi connectivity index (χ2n) is 8.42. The first-order valence-corrected chi connectivity index (χ1v) is 10.8. The number of fused-ring (bicyclic) bond motifs is 2. The highest BCUT2D eigenvalue weighted by atomic mass is 16.1. The Morgan fingerprint density at radius 3 is 2.77 bits per heavy atom. The summed E-state index contributed by atoms with van der Waals surface area (Å²) in [4.78, 5) is 28.9. The molecule has 1 aliphatic rings. The van der Waals surface area contributed by atoms with Gasteiger partial charge in [0.15, 0.2) is 0 Å². The zero-order valence-electron chi connectivity index (χ0n) is 18.0. The molecule has 0 aliphatic carbocycles. The number of nitrogens with zero attached hydrogens (tertiary/aromatic N) is 5. The fourth-order valence-corrected chi connectivity index (χ4v) is 4.84. The van der Waals surface area contributed by atoms with Crippen molar-refractivity contribution in [1.82, 2.24) is 30.0 Å². The molecule has 0 saturated carbocycles. The molecule has 4 aromatic rings. The van der Waals surface area contributed by atoms with Gasteiger partial charge in [-0.2, -0.15) is 5.10 Å². The van der Waals surface area contributed by atoms with Gasteiger partial charge in [-0.05, 0) is 38.0 Å². The standard InChI is InChI=1S/C23H27N7O/c1-4-17-13-29(21-10-22(31)27-20-11-26-28-23(20)21)14(2)12-30(17)15(3)16-5-6-18-19(9-16)25-8-7-24-18/h5-11,14-15,17H,4,12-13H2,1-3H3,(H,26,28)(H,27,31)/t14-,15?,17+/m0/s1. The van der Waals surface area contributed by atoms with Gasteiger partial charge in [-0.1, -0.05) is 13.0 Å². The third kappa shape index (κ3) is 3.46. The number of aromatic amines is 2. The van der Waals surface area contributed by atoms with E-state index in [2.05, 4.69) is 73.9 Å². The molecule has 1 aromatic carbocycles. The summed E-state index contributed by atoms with van der Waals surface area (Å²) in [7, 11) is 0. The maximum atomic E-state index is 12.2. The van der Waals surface area contributed by atoms with Crippen molar-refractivity contribution in [2.24, 2.45) is 0 Å². The number of H-pyrrole nitrogens is 2. The summed E-state index contributed by atoms with van der Waals surface area (Å²) in [6.45, 7) is 8.48. The van der Waals surface area contributed by atoms with Gasteiger partial charge < -0.3 is 9.88 Å². The van der Waals surface area contributed by atoms with Crippen LogP contribution in [0.15, 0.2) is 47.7 Å². The van der Waals surface area contributed by atoms with Crippen molar-refractivity contribution in [3.63, 3.8) is 0 Å². The van der Waals surface area contributed by atoms with E-state index in [0.29, 0.717) is 6.04 Å². The number of rotatable bonds is 4. The van der Waals surface area contributed by atoms with Crippen LogP contribution in [0.1, 0.15) is 38.8 Å². The van der Waals surface area contributed by atoms with E-state index in [1.165, 1.54) is 5.56 Å². The zero-order chi connectivity index (χ0) is 21.5. The van der Waals surface area contributed by atoms with Crippen LogP contribution < -0.4 is 10.5 Å². The fourth-order valence-electron chi connectivity index (χ4n) is 4.84. The van der Waals surface area contributed by atoms with Crippen molar-refractivity contribution in [2.45, 2.75) is 45.3 Å². The van der Waals surface area contributed by atoms with Gasteiger partial charge in [0.25, 0.3) is 5.56 Å². The molecule has 5 rings (SSSR count). The second kappa shape index (κ2) is 7.77. The van der Waals surface area contributed by atoms with Crippen LogP contribution >= 0.6 is 0 Å². The highest BCUT2D eigenvalue weighted by Gasteiger charge is 2.34. The molecule has 1 saturated heterocycles. The molecule has 31 heavy (non-hydrogen) atoms. The first kappa shape index (κ1) is 19.7. The second-order valence-corrected chi connectivity index (χ2v) is 8.42. The summed E-state index contributed by atoms with van der Waals surface area (Å²) in [5, 5.41) is 7.18. The largest absolute Gasteiger partial charge is 0.364 e. The van der Waals surface area contributed by atoms with Gasteiger partial charge in [-0.15, -0.1) is 0 Å². The minimum atomic E-state index is -0.0998. The lowest BCUT2D eigenvalue weighted by Crippen LogP contribution is -2.58. The predicted octanol–water partition coefficient (Wildman–Crippen LogP) is 3.24. The lowest BCUT2D eigenvalue weighted by atomic mass is 9.98. The third-order valence-electron chi connectivity index (χ3n) is 6.56.